The molecule has 4 heteroatoms. The van der Waals surface area contributed by atoms with Crippen LogP contribution in [0.5, 0.6) is 0 Å². The van der Waals surface area contributed by atoms with Crippen LogP contribution in [0, 0.1) is 5.41 Å². The molecule has 1 amide bonds. The summed E-state index contributed by atoms with van der Waals surface area (Å²) in [5.74, 6) is -0.0275. The average molecular weight is 219 g/mol. The highest BCUT2D eigenvalue weighted by atomic mass is 16.2. The second-order valence-corrected chi connectivity index (χ2v) is 4.58. The molecule has 1 saturated carbocycles. The van der Waals surface area contributed by atoms with Gasteiger partial charge in [-0.3, -0.25) is 9.78 Å². The Morgan fingerprint density at radius 1 is 1.56 bits per heavy atom. The van der Waals surface area contributed by atoms with Crippen LogP contribution in [-0.4, -0.2) is 35.9 Å². The number of carbonyl (C=O) groups excluding carboxylic acids is 1. The lowest BCUT2D eigenvalue weighted by Crippen LogP contribution is -2.36. The van der Waals surface area contributed by atoms with Gasteiger partial charge in [0.15, 0.2) is 0 Å². The van der Waals surface area contributed by atoms with Gasteiger partial charge in [0.05, 0.1) is 0 Å². The Labute approximate surface area is 95.5 Å². The van der Waals surface area contributed by atoms with Crippen molar-refractivity contribution in [2.75, 3.05) is 20.1 Å². The molecular formula is C12H17N3O. The summed E-state index contributed by atoms with van der Waals surface area (Å²) in [6.07, 6.45) is 3.89. The summed E-state index contributed by atoms with van der Waals surface area (Å²) in [5.41, 5.74) is 6.38. The van der Waals surface area contributed by atoms with Gasteiger partial charge >= 0.3 is 0 Å². The first-order valence-corrected chi connectivity index (χ1v) is 5.53. The lowest BCUT2D eigenvalue weighted by Gasteiger charge is -2.22. The van der Waals surface area contributed by atoms with Gasteiger partial charge in [0.25, 0.3) is 5.91 Å². The van der Waals surface area contributed by atoms with Crippen LogP contribution in [0.3, 0.4) is 0 Å². The van der Waals surface area contributed by atoms with Crippen LogP contribution in [0.1, 0.15) is 23.3 Å². The number of pyridine rings is 1. The van der Waals surface area contributed by atoms with E-state index in [0.717, 1.165) is 19.4 Å². The second-order valence-electron chi connectivity index (χ2n) is 4.58. The van der Waals surface area contributed by atoms with Crippen molar-refractivity contribution in [2.45, 2.75) is 12.8 Å². The molecule has 1 fully saturated rings. The molecule has 0 atom stereocenters. The molecule has 86 valence electrons. The van der Waals surface area contributed by atoms with Crippen LogP contribution < -0.4 is 5.73 Å². The fraction of sp³-hybridized carbons (Fsp3) is 0.500. The molecule has 0 saturated heterocycles. The minimum absolute atomic E-state index is 0.0275. The predicted molar refractivity (Wildman–Crippen MR) is 61.9 cm³/mol. The van der Waals surface area contributed by atoms with Gasteiger partial charge in [0.1, 0.15) is 5.69 Å². The van der Waals surface area contributed by atoms with E-state index in [9.17, 15) is 4.79 Å². The highest BCUT2D eigenvalue weighted by Gasteiger charge is 2.42. The number of rotatable bonds is 4. The van der Waals surface area contributed by atoms with Crippen LogP contribution in [0.15, 0.2) is 24.4 Å². The highest BCUT2D eigenvalue weighted by molar-refractivity contribution is 5.92. The molecule has 4 nitrogen and oxygen atoms in total. The van der Waals surface area contributed by atoms with Gasteiger partial charge in [0, 0.05) is 25.2 Å². The Balaban J connectivity index is 2.00. The van der Waals surface area contributed by atoms with Crippen molar-refractivity contribution in [1.82, 2.24) is 9.88 Å². The summed E-state index contributed by atoms with van der Waals surface area (Å²) in [6, 6.07) is 5.36. The van der Waals surface area contributed by atoms with E-state index in [1.807, 2.05) is 13.1 Å². The SMILES string of the molecule is CN(CC1(CN)CC1)C(=O)c1ccccn1. The molecule has 1 heterocycles. The molecule has 2 rings (SSSR count). The van der Waals surface area contributed by atoms with E-state index >= 15 is 0 Å². The molecule has 0 unspecified atom stereocenters. The van der Waals surface area contributed by atoms with Crippen molar-refractivity contribution in [3.63, 3.8) is 0 Å². The lowest BCUT2D eigenvalue weighted by atomic mass is 10.1. The molecular weight excluding hydrogens is 202 g/mol. The second kappa shape index (κ2) is 4.22. The van der Waals surface area contributed by atoms with Crippen molar-refractivity contribution in [1.29, 1.82) is 0 Å². The quantitative estimate of drug-likeness (QED) is 0.818. The van der Waals surface area contributed by atoms with Crippen LogP contribution in [0.2, 0.25) is 0 Å². The molecule has 0 aliphatic heterocycles. The zero-order chi connectivity index (χ0) is 11.6. The number of nitrogens with zero attached hydrogens (tertiary/aromatic N) is 2. The Morgan fingerprint density at radius 3 is 2.81 bits per heavy atom. The molecule has 1 aromatic rings. The largest absolute Gasteiger partial charge is 0.340 e. The molecule has 0 aromatic carbocycles. The van der Waals surface area contributed by atoms with Gasteiger partial charge in [-0.2, -0.15) is 0 Å². The first-order valence-electron chi connectivity index (χ1n) is 5.53. The molecule has 1 aliphatic rings. The van der Waals surface area contributed by atoms with Gasteiger partial charge in [-0.05, 0) is 31.5 Å². The predicted octanol–water partition coefficient (Wildman–Crippen LogP) is 0.892. The van der Waals surface area contributed by atoms with Crippen LogP contribution in [0.25, 0.3) is 0 Å². The molecule has 2 N–H and O–H groups in total. The van der Waals surface area contributed by atoms with Crippen LogP contribution in [0.4, 0.5) is 0 Å². The standard InChI is InChI=1S/C12H17N3O/c1-15(9-12(8-13)5-6-12)11(16)10-4-2-3-7-14-10/h2-4,7H,5-6,8-9,13H2,1H3. The summed E-state index contributed by atoms with van der Waals surface area (Å²) < 4.78 is 0. The summed E-state index contributed by atoms with van der Waals surface area (Å²) in [6.45, 7) is 1.39. The zero-order valence-corrected chi connectivity index (χ0v) is 9.52. The number of hydrogen-bond donors (Lipinski definition) is 1. The van der Waals surface area contributed by atoms with E-state index < -0.39 is 0 Å². The first-order chi connectivity index (χ1) is 7.67. The van der Waals surface area contributed by atoms with E-state index in [1.54, 1.807) is 23.2 Å². The molecule has 0 radical (unpaired) electrons. The lowest BCUT2D eigenvalue weighted by molar-refractivity contribution is 0.0760. The number of hydrogen-bond acceptors (Lipinski definition) is 3. The van der Waals surface area contributed by atoms with Crippen molar-refractivity contribution >= 4 is 5.91 Å². The number of carbonyl (C=O) groups is 1. The normalized spacial score (nSPS) is 16.9. The summed E-state index contributed by atoms with van der Waals surface area (Å²) >= 11 is 0. The van der Waals surface area contributed by atoms with E-state index in [4.69, 9.17) is 5.73 Å². The van der Waals surface area contributed by atoms with Crippen molar-refractivity contribution < 1.29 is 4.79 Å². The number of aromatic nitrogens is 1. The average Bonchev–Trinajstić information content (AvgIpc) is 3.09. The maximum atomic E-state index is 12.0. The summed E-state index contributed by atoms with van der Waals surface area (Å²) in [7, 11) is 1.81. The first kappa shape index (κ1) is 11.1. The van der Waals surface area contributed by atoms with E-state index in [-0.39, 0.29) is 11.3 Å². The fourth-order valence-electron chi connectivity index (χ4n) is 1.86. The highest BCUT2D eigenvalue weighted by Crippen LogP contribution is 2.44. The number of nitrogens with two attached hydrogens (primary N) is 1. The Bertz CT molecular complexity index is 373. The topological polar surface area (TPSA) is 59.2 Å². The third kappa shape index (κ3) is 2.22. The summed E-state index contributed by atoms with van der Waals surface area (Å²) in [4.78, 5) is 17.8. The maximum absolute atomic E-state index is 12.0. The monoisotopic (exact) mass is 219 g/mol. The number of amides is 1. The van der Waals surface area contributed by atoms with Crippen molar-refractivity contribution in [3.05, 3.63) is 30.1 Å². The van der Waals surface area contributed by atoms with Gasteiger partial charge in [-0.25, -0.2) is 0 Å². The van der Waals surface area contributed by atoms with E-state index in [0.29, 0.717) is 12.2 Å². The Kier molecular flexibility index (Phi) is 2.92. The van der Waals surface area contributed by atoms with Crippen molar-refractivity contribution in [3.8, 4) is 0 Å². The molecule has 1 aromatic heterocycles. The van der Waals surface area contributed by atoms with Crippen LogP contribution in [-0.2, 0) is 0 Å². The van der Waals surface area contributed by atoms with Crippen molar-refractivity contribution in [2.24, 2.45) is 11.1 Å². The Morgan fingerprint density at radius 2 is 2.31 bits per heavy atom. The van der Waals surface area contributed by atoms with Gasteiger partial charge in [0.2, 0.25) is 0 Å². The minimum atomic E-state index is -0.0275. The molecule has 16 heavy (non-hydrogen) atoms. The van der Waals surface area contributed by atoms with Gasteiger partial charge in [-0.1, -0.05) is 6.07 Å². The molecule has 0 bridgehead atoms. The minimum Gasteiger partial charge on any atom is -0.340 e. The van der Waals surface area contributed by atoms with Crippen LogP contribution >= 0.6 is 0 Å². The third-order valence-corrected chi connectivity index (χ3v) is 3.19. The fourth-order valence-corrected chi connectivity index (χ4v) is 1.86. The van der Waals surface area contributed by atoms with Gasteiger partial charge < -0.3 is 10.6 Å². The maximum Gasteiger partial charge on any atom is 0.272 e. The smallest absolute Gasteiger partial charge is 0.272 e. The van der Waals surface area contributed by atoms with E-state index in [2.05, 4.69) is 4.98 Å². The summed E-state index contributed by atoms with van der Waals surface area (Å²) in [5, 5.41) is 0. The molecule has 1 aliphatic carbocycles. The Hall–Kier alpha value is -1.42. The van der Waals surface area contributed by atoms with E-state index in [1.165, 1.54) is 0 Å². The third-order valence-electron chi connectivity index (χ3n) is 3.19. The molecule has 0 spiro atoms. The van der Waals surface area contributed by atoms with Gasteiger partial charge in [-0.15, -0.1) is 0 Å². The zero-order valence-electron chi connectivity index (χ0n) is 9.52.